The molecule has 2 aromatic rings. The van der Waals surface area contributed by atoms with Gasteiger partial charge in [-0.1, -0.05) is 25.7 Å². The first-order chi connectivity index (χ1) is 9.76. The van der Waals surface area contributed by atoms with E-state index in [4.69, 9.17) is 5.11 Å². The quantitative estimate of drug-likeness (QED) is 0.859. The number of aliphatic hydroxyl groups is 1. The lowest BCUT2D eigenvalue weighted by Crippen LogP contribution is -2.05. The summed E-state index contributed by atoms with van der Waals surface area (Å²) >= 11 is 1.68. The summed E-state index contributed by atoms with van der Waals surface area (Å²) in [5.41, 5.74) is 1.01. The predicted octanol–water partition coefficient (Wildman–Crippen LogP) is 2.25. The molecule has 0 aliphatic rings. The normalized spacial score (nSPS) is 10.3. The number of hydrogen-bond acceptors (Lipinski definition) is 4. The summed E-state index contributed by atoms with van der Waals surface area (Å²) in [5.74, 6) is 7.92. The lowest BCUT2D eigenvalue weighted by atomic mass is 10.3. The molecule has 0 aromatic carbocycles. The summed E-state index contributed by atoms with van der Waals surface area (Å²) in [6.07, 6.45) is 2.28. The van der Waals surface area contributed by atoms with Crippen LogP contribution in [-0.2, 0) is 19.4 Å². The second-order valence-electron chi connectivity index (χ2n) is 4.39. The van der Waals surface area contributed by atoms with E-state index in [1.165, 1.54) is 4.88 Å². The van der Waals surface area contributed by atoms with Crippen molar-refractivity contribution in [1.29, 1.82) is 0 Å². The first-order valence-electron chi connectivity index (χ1n) is 6.86. The van der Waals surface area contributed by atoms with Gasteiger partial charge in [-0.2, -0.15) is 5.10 Å². The summed E-state index contributed by atoms with van der Waals surface area (Å²) in [5, 5.41) is 15.3. The van der Waals surface area contributed by atoms with Crippen LogP contribution in [0.25, 0.3) is 0 Å². The van der Waals surface area contributed by atoms with Crippen LogP contribution >= 0.6 is 11.3 Å². The molecular formula is C15H19N3OS. The lowest BCUT2D eigenvalue weighted by Gasteiger charge is -2.01. The molecule has 0 amide bonds. The monoisotopic (exact) mass is 289 g/mol. The third-order valence-corrected chi connectivity index (χ3v) is 3.78. The molecule has 0 aliphatic carbocycles. The van der Waals surface area contributed by atoms with Crippen LogP contribution in [0.5, 0.6) is 0 Å². The number of hydrogen-bond donors (Lipinski definition) is 1. The van der Waals surface area contributed by atoms with Crippen LogP contribution in [-0.4, -0.2) is 26.5 Å². The standard InChI is InChI=1S/C15H19N3OS/c1-3-14-16-15(4-2)18(17-14)10-13-9-12(11-20-13)7-5-6-8-19/h9,11,19H,3-4,6,8,10H2,1-2H3. The summed E-state index contributed by atoms with van der Waals surface area (Å²) in [4.78, 5) is 5.73. The van der Waals surface area contributed by atoms with Crippen molar-refractivity contribution in [3.8, 4) is 11.8 Å². The van der Waals surface area contributed by atoms with E-state index in [0.29, 0.717) is 6.42 Å². The average molecular weight is 289 g/mol. The van der Waals surface area contributed by atoms with Gasteiger partial charge in [-0.05, 0) is 6.07 Å². The van der Waals surface area contributed by atoms with Crippen molar-refractivity contribution in [3.63, 3.8) is 0 Å². The van der Waals surface area contributed by atoms with Gasteiger partial charge in [0.15, 0.2) is 5.82 Å². The third kappa shape index (κ3) is 3.69. The Balaban J connectivity index is 2.10. The van der Waals surface area contributed by atoms with E-state index in [-0.39, 0.29) is 6.61 Å². The number of aryl methyl sites for hydroxylation is 2. The van der Waals surface area contributed by atoms with E-state index >= 15 is 0 Å². The van der Waals surface area contributed by atoms with E-state index in [2.05, 4.69) is 41.8 Å². The Kier molecular flexibility index (Phi) is 5.33. The first-order valence-corrected chi connectivity index (χ1v) is 7.74. The largest absolute Gasteiger partial charge is 0.395 e. The molecule has 1 N–H and O–H groups in total. The van der Waals surface area contributed by atoms with Crippen LogP contribution < -0.4 is 0 Å². The molecule has 0 aliphatic heterocycles. The second-order valence-corrected chi connectivity index (χ2v) is 5.38. The van der Waals surface area contributed by atoms with Crippen LogP contribution in [0.2, 0.25) is 0 Å². The Labute approximate surface area is 123 Å². The van der Waals surface area contributed by atoms with Gasteiger partial charge >= 0.3 is 0 Å². The lowest BCUT2D eigenvalue weighted by molar-refractivity contribution is 0.305. The maximum atomic E-state index is 8.71. The molecule has 0 bridgehead atoms. The molecular weight excluding hydrogens is 270 g/mol. The van der Waals surface area contributed by atoms with Crippen LogP contribution in [0.1, 0.15) is 42.4 Å². The summed E-state index contributed by atoms with van der Waals surface area (Å²) in [7, 11) is 0. The van der Waals surface area contributed by atoms with Crippen LogP contribution in [0, 0.1) is 11.8 Å². The maximum Gasteiger partial charge on any atom is 0.150 e. The first kappa shape index (κ1) is 14.8. The van der Waals surface area contributed by atoms with Crippen LogP contribution in [0.3, 0.4) is 0 Å². The molecule has 106 valence electrons. The van der Waals surface area contributed by atoms with Crippen LogP contribution in [0.15, 0.2) is 11.4 Å². The summed E-state index contributed by atoms with van der Waals surface area (Å²) in [6, 6.07) is 2.09. The van der Waals surface area contributed by atoms with Crippen molar-refractivity contribution in [1.82, 2.24) is 14.8 Å². The molecule has 0 atom stereocenters. The molecule has 0 saturated carbocycles. The fourth-order valence-corrected chi connectivity index (χ4v) is 2.66. The average Bonchev–Trinajstić information content (AvgIpc) is 3.06. The highest BCUT2D eigenvalue weighted by molar-refractivity contribution is 7.10. The van der Waals surface area contributed by atoms with Crippen molar-refractivity contribution in [2.45, 2.75) is 39.7 Å². The van der Waals surface area contributed by atoms with Crippen molar-refractivity contribution in [2.75, 3.05) is 6.61 Å². The van der Waals surface area contributed by atoms with E-state index in [0.717, 1.165) is 36.6 Å². The van der Waals surface area contributed by atoms with Gasteiger partial charge in [-0.25, -0.2) is 9.67 Å². The topological polar surface area (TPSA) is 50.9 Å². The van der Waals surface area contributed by atoms with Gasteiger partial charge in [0.2, 0.25) is 0 Å². The Bertz CT molecular complexity index is 619. The summed E-state index contributed by atoms with van der Waals surface area (Å²) in [6.45, 7) is 5.03. The minimum absolute atomic E-state index is 0.114. The zero-order chi connectivity index (χ0) is 14.4. The molecule has 2 aromatic heterocycles. The van der Waals surface area contributed by atoms with Gasteiger partial charge in [-0.15, -0.1) is 11.3 Å². The van der Waals surface area contributed by atoms with Gasteiger partial charge in [0.25, 0.3) is 0 Å². The van der Waals surface area contributed by atoms with E-state index in [1.54, 1.807) is 11.3 Å². The molecule has 20 heavy (non-hydrogen) atoms. The van der Waals surface area contributed by atoms with Crippen LogP contribution in [0.4, 0.5) is 0 Å². The SMILES string of the molecule is CCc1nc(CC)n(Cc2cc(C#CCCO)cs2)n1. The Morgan fingerprint density at radius 1 is 1.35 bits per heavy atom. The Morgan fingerprint density at radius 3 is 2.90 bits per heavy atom. The number of aromatic nitrogens is 3. The zero-order valence-electron chi connectivity index (χ0n) is 11.9. The smallest absolute Gasteiger partial charge is 0.150 e. The molecule has 2 heterocycles. The molecule has 0 fully saturated rings. The molecule has 0 radical (unpaired) electrons. The minimum Gasteiger partial charge on any atom is -0.395 e. The van der Waals surface area contributed by atoms with Gasteiger partial charge < -0.3 is 5.11 Å². The number of rotatable bonds is 5. The third-order valence-electron chi connectivity index (χ3n) is 2.85. The number of thiophene rings is 1. The second kappa shape index (κ2) is 7.22. The van der Waals surface area contributed by atoms with Crippen molar-refractivity contribution in [2.24, 2.45) is 0 Å². The highest BCUT2D eigenvalue weighted by Crippen LogP contribution is 2.16. The van der Waals surface area contributed by atoms with Crippen molar-refractivity contribution >= 4 is 11.3 Å². The molecule has 0 saturated heterocycles. The molecule has 0 spiro atoms. The zero-order valence-corrected chi connectivity index (χ0v) is 12.7. The van der Waals surface area contributed by atoms with E-state index in [9.17, 15) is 0 Å². The fourth-order valence-electron chi connectivity index (χ4n) is 1.86. The summed E-state index contributed by atoms with van der Waals surface area (Å²) < 4.78 is 1.98. The Morgan fingerprint density at radius 2 is 2.20 bits per heavy atom. The maximum absolute atomic E-state index is 8.71. The molecule has 5 heteroatoms. The minimum atomic E-state index is 0.114. The predicted molar refractivity (Wildman–Crippen MR) is 80.8 cm³/mol. The number of nitrogens with zero attached hydrogens (tertiary/aromatic N) is 3. The Hall–Kier alpha value is -1.64. The van der Waals surface area contributed by atoms with E-state index in [1.807, 2.05) is 10.1 Å². The van der Waals surface area contributed by atoms with Gasteiger partial charge in [-0.3, -0.25) is 0 Å². The van der Waals surface area contributed by atoms with Crippen molar-refractivity contribution < 1.29 is 5.11 Å². The number of aliphatic hydroxyl groups excluding tert-OH is 1. The molecule has 0 unspecified atom stereocenters. The molecule has 4 nitrogen and oxygen atoms in total. The van der Waals surface area contributed by atoms with Crippen molar-refractivity contribution in [3.05, 3.63) is 33.5 Å². The fraction of sp³-hybridized carbons (Fsp3) is 0.467. The molecule has 2 rings (SSSR count). The highest BCUT2D eigenvalue weighted by Gasteiger charge is 2.08. The van der Waals surface area contributed by atoms with Gasteiger partial charge in [0.1, 0.15) is 5.82 Å². The van der Waals surface area contributed by atoms with Gasteiger partial charge in [0.05, 0.1) is 13.2 Å². The highest BCUT2D eigenvalue weighted by atomic mass is 32.1. The van der Waals surface area contributed by atoms with E-state index < -0.39 is 0 Å². The van der Waals surface area contributed by atoms with Gasteiger partial charge in [0, 0.05) is 35.1 Å².